The standard InChI is InChI=1S/C8H12N2O2/c1-3-4-7(11)9-8-5-6(2)10-12-8/h5H,3-4H2,1-2H3,(H,9,11). The van der Waals surface area contributed by atoms with Gasteiger partial charge in [0.15, 0.2) is 0 Å². The monoisotopic (exact) mass is 168 g/mol. The summed E-state index contributed by atoms with van der Waals surface area (Å²) in [6.07, 6.45) is 1.35. The molecule has 0 aliphatic rings. The van der Waals surface area contributed by atoms with Crippen LogP contribution in [0.5, 0.6) is 0 Å². The lowest BCUT2D eigenvalue weighted by atomic mass is 10.3. The second-order valence-electron chi connectivity index (χ2n) is 2.63. The van der Waals surface area contributed by atoms with Gasteiger partial charge >= 0.3 is 0 Å². The number of carbonyl (C=O) groups is 1. The van der Waals surface area contributed by atoms with Crippen LogP contribution in [0.3, 0.4) is 0 Å². The van der Waals surface area contributed by atoms with E-state index < -0.39 is 0 Å². The summed E-state index contributed by atoms with van der Waals surface area (Å²) < 4.78 is 4.80. The average molecular weight is 168 g/mol. The van der Waals surface area contributed by atoms with Gasteiger partial charge in [0.1, 0.15) is 0 Å². The normalized spacial score (nSPS) is 9.83. The summed E-state index contributed by atoms with van der Waals surface area (Å²) in [6, 6.07) is 1.69. The molecule has 12 heavy (non-hydrogen) atoms. The highest BCUT2D eigenvalue weighted by Crippen LogP contribution is 2.08. The van der Waals surface area contributed by atoms with Crippen LogP contribution in [0.2, 0.25) is 0 Å². The number of anilines is 1. The van der Waals surface area contributed by atoms with Crippen LogP contribution in [0.4, 0.5) is 5.88 Å². The molecule has 0 saturated carbocycles. The topological polar surface area (TPSA) is 55.1 Å². The molecule has 1 rings (SSSR count). The second kappa shape index (κ2) is 3.90. The third kappa shape index (κ3) is 2.38. The lowest BCUT2D eigenvalue weighted by Crippen LogP contribution is -2.09. The SMILES string of the molecule is CCCC(=O)Nc1cc(C)no1. The predicted octanol–water partition coefficient (Wildman–Crippen LogP) is 1.72. The van der Waals surface area contributed by atoms with Crippen molar-refractivity contribution in [3.63, 3.8) is 0 Å². The smallest absolute Gasteiger partial charge is 0.231 e. The molecular weight excluding hydrogens is 156 g/mol. The Morgan fingerprint density at radius 3 is 3.00 bits per heavy atom. The maximum atomic E-state index is 11.0. The van der Waals surface area contributed by atoms with Crippen LogP contribution in [-0.2, 0) is 4.79 Å². The molecule has 1 aromatic rings. The highest BCUT2D eigenvalue weighted by atomic mass is 16.5. The Morgan fingerprint density at radius 2 is 2.50 bits per heavy atom. The number of nitrogens with one attached hydrogen (secondary N) is 1. The van der Waals surface area contributed by atoms with E-state index in [1.54, 1.807) is 13.0 Å². The van der Waals surface area contributed by atoms with Crippen molar-refractivity contribution in [2.45, 2.75) is 26.7 Å². The minimum absolute atomic E-state index is 0.0337. The average Bonchev–Trinajstić information content (AvgIpc) is 2.36. The molecule has 0 unspecified atom stereocenters. The van der Waals surface area contributed by atoms with E-state index in [-0.39, 0.29) is 5.91 Å². The number of amides is 1. The van der Waals surface area contributed by atoms with Gasteiger partial charge in [-0.25, -0.2) is 0 Å². The molecule has 0 fully saturated rings. The van der Waals surface area contributed by atoms with Crippen LogP contribution < -0.4 is 5.32 Å². The zero-order chi connectivity index (χ0) is 8.97. The van der Waals surface area contributed by atoms with Crippen LogP contribution in [0, 0.1) is 6.92 Å². The van der Waals surface area contributed by atoms with Crippen molar-refractivity contribution in [2.75, 3.05) is 5.32 Å². The van der Waals surface area contributed by atoms with Crippen molar-refractivity contribution < 1.29 is 9.32 Å². The summed E-state index contributed by atoms with van der Waals surface area (Å²) in [4.78, 5) is 11.0. The highest BCUT2D eigenvalue weighted by Gasteiger charge is 2.04. The molecule has 0 aromatic carbocycles. The number of carbonyl (C=O) groups excluding carboxylic acids is 1. The van der Waals surface area contributed by atoms with Gasteiger partial charge in [0.25, 0.3) is 0 Å². The van der Waals surface area contributed by atoms with E-state index in [4.69, 9.17) is 4.52 Å². The van der Waals surface area contributed by atoms with Crippen LogP contribution in [0.15, 0.2) is 10.6 Å². The van der Waals surface area contributed by atoms with Crippen LogP contribution in [-0.4, -0.2) is 11.1 Å². The summed E-state index contributed by atoms with van der Waals surface area (Å²) >= 11 is 0. The van der Waals surface area contributed by atoms with Gasteiger partial charge in [-0.1, -0.05) is 12.1 Å². The summed E-state index contributed by atoms with van der Waals surface area (Å²) in [5.74, 6) is 0.389. The number of aryl methyl sites for hydroxylation is 1. The largest absolute Gasteiger partial charge is 0.338 e. The van der Waals surface area contributed by atoms with Gasteiger partial charge in [0.2, 0.25) is 11.8 Å². The van der Waals surface area contributed by atoms with E-state index in [1.807, 2.05) is 6.92 Å². The molecule has 0 aliphatic carbocycles. The van der Waals surface area contributed by atoms with Gasteiger partial charge in [0.05, 0.1) is 5.69 Å². The molecule has 0 aliphatic heterocycles. The van der Waals surface area contributed by atoms with Crippen LogP contribution >= 0.6 is 0 Å². The van der Waals surface area contributed by atoms with Crippen molar-refractivity contribution >= 4 is 11.8 Å². The fourth-order valence-corrected chi connectivity index (χ4v) is 0.849. The summed E-state index contributed by atoms with van der Waals surface area (Å²) in [5.41, 5.74) is 0.766. The Hall–Kier alpha value is -1.32. The molecule has 4 nitrogen and oxygen atoms in total. The van der Waals surface area contributed by atoms with Crippen molar-refractivity contribution in [1.29, 1.82) is 0 Å². The summed E-state index contributed by atoms with van der Waals surface area (Å²) in [6.45, 7) is 3.75. The number of nitrogens with zero attached hydrogens (tertiary/aromatic N) is 1. The molecule has 66 valence electrons. The van der Waals surface area contributed by atoms with Crippen LogP contribution in [0.25, 0.3) is 0 Å². The number of hydrogen-bond donors (Lipinski definition) is 1. The van der Waals surface area contributed by atoms with Crippen molar-refractivity contribution in [1.82, 2.24) is 5.16 Å². The maximum absolute atomic E-state index is 11.0. The van der Waals surface area contributed by atoms with Gasteiger partial charge in [-0.15, -0.1) is 0 Å². The lowest BCUT2D eigenvalue weighted by molar-refractivity contribution is -0.116. The minimum Gasteiger partial charge on any atom is -0.338 e. The molecule has 0 bridgehead atoms. The first-order chi connectivity index (χ1) is 5.72. The predicted molar refractivity (Wildman–Crippen MR) is 44.8 cm³/mol. The number of aromatic nitrogens is 1. The van der Waals surface area contributed by atoms with E-state index in [1.165, 1.54) is 0 Å². The lowest BCUT2D eigenvalue weighted by Gasteiger charge is -1.96. The van der Waals surface area contributed by atoms with E-state index in [9.17, 15) is 4.79 Å². The summed E-state index contributed by atoms with van der Waals surface area (Å²) in [7, 11) is 0. The molecule has 0 atom stereocenters. The van der Waals surface area contributed by atoms with E-state index >= 15 is 0 Å². The number of hydrogen-bond acceptors (Lipinski definition) is 3. The Kier molecular flexibility index (Phi) is 2.85. The second-order valence-corrected chi connectivity index (χ2v) is 2.63. The van der Waals surface area contributed by atoms with E-state index in [0.717, 1.165) is 12.1 Å². The van der Waals surface area contributed by atoms with Crippen molar-refractivity contribution in [3.8, 4) is 0 Å². The minimum atomic E-state index is -0.0337. The molecule has 0 saturated heterocycles. The zero-order valence-electron chi connectivity index (χ0n) is 7.26. The molecular formula is C8H12N2O2. The molecule has 0 radical (unpaired) electrons. The zero-order valence-corrected chi connectivity index (χ0v) is 7.26. The Morgan fingerprint density at radius 1 is 1.75 bits per heavy atom. The molecule has 1 aromatic heterocycles. The van der Waals surface area contributed by atoms with Gasteiger partial charge in [-0.05, 0) is 13.3 Å². The Bertz CT molecular complexity index is 268. The van der Waals surface area contributed by atoms with E-state index in [2.05, 4.69) is 10.5 Å². The van der Waals surface area contributed by atoms with Gasteiger partial charge in [0, 0.05) is 12.5 Å². The maximum Gasteiger partial charge on any atom is 0.231 e. The molecule has 4 heteroatoms. The first-order valence-electron chi connectivity index (χ1n) is 3.95. The Labute approximate surface area is 70.9 Å². The molecule has 1 N–H and O–H groups in total. The first-order valence-corrected chi connectivity index (χ1v) is 3.95. The molecule has 1 amide bonds. The Balaban J connectivity index is 2.46. The van der Waals surface area contributed by atoms with Crippen molar-refractivity contribution in [2.24, 2.45) is 0 Å². The molecule has 0 spiro atoms. The summed E-state index contributed by atoms with van der Waals surface area (Å²) in [5, 5.41) is 6.24. The van der Waals surface area contributed by atoms with E-state index in [0.29, 0.717) is 12.3 Å². The first kappa shape index (κ1) is 8.77. The van der Waals surface area contributed by atoms with Gasteiger partial charge < -0.3 is 4.52 Å². The third-order valence-electron chi connectivity index (χ3n) is 1.37. The third-order valence-corrected chi connectivity index (χ3v) is 1.37. The van der Waals surface area contributed by atoms with Crippen LogP contribution in [0.1, 0.15) is 25.5 Å². The van der Waals surface area contributed by atoms with Gasteiger partial charge in [-0.2, -0.15) is 0 Å². The van der Waals surface area contributed by atoms with Gasteiger partial charge in [-0.3, -0.25) is 10.1 Å². The quantitative estimate of drug-likeness (QED) is 0.747. The highest BCUT2D eigenvalue weighted by molar-refractivity contribution is 5.89. The number of rotatable bonds is 3. The molecule has 1 heterocycles. The fraction of sp³-hybridized carbons (Fsp3) is 0.500. The van der Waals surface area contributed by atoms with Crippen molar-refractivity contribution in [3.05, 3.63) is 11.8 Å². The fourth-order valence-electron chi connectivity index (χ4n) is 0.849.